The lowest BCUT2D eigenvalue weighted by Crippen LogP contribution is -1.97. The van der Waals surface area contributed by atoms with Crippen molar-refractivity contribution in [2.75, 3.05) is 7.11 Å². The lowest BCUT2D eigenvalue weighted by atomic mass is 10.1. The second kappa shape index (κ2) is 5.48. The molecule has 0 aliphatic rings. The topological polar surface area (TPSA) is 47.9 Å². The average Bonchev–Trinajstić information content (AvgIpc) is 2.56. The van der Waals surface area contributed by atoms with Crippen LogP contribution in [-0.4, -0.2) is 22.1 Å². The molecule has 4 heteroatoms. The largest absolute Gasteiger partial charge is 0.493 e. The summed E-state index contributed by atoms with van der Waals surface area (Å²) in [5.41, 5.74) is 2.50. The highest BCUT2D eigenvalue weighted by atomic mass is 16.5. The molecule has 3 aromatic rings. The minimum Gasteiger partial charge on any atom is -0.493 e. The molecule has 2 heterocycles. The van der Waals surface area contributed by atoms with Gasteiger partial charge in [0.1, 0.15) is 11.4 Å². The van der Waals surface area contributed by atoms with Crippen molar-refractivity contribution >= 4 is 0 Å². The van der Waals surface area contributed by atoms with Crippen LogP contribution in [0, 0.1) is 0 Å². The monoisotopic (exact) mass is 263 g/mol. The molecule has 3 rings (SSSR count). The summed E-state index contributed by atoms with van der Waals surface area (Å²) in [6.07, 6.45) is 3.41. The van der Waals surface area contributed by atoms with Crippen LogP contribution in [-0.2, 0) is 0 Å². The Labute approximate surface area is 117 Å². The lowest BCUT2D eigenvalue weighted by molar-refractivity contribution is 0.413. The van der Waals surface area contributed by atoms with Gasteiger partial charge >= 0.3 is 0 Å². The highest BCUT2D eigenvalue weighted by molar-refractivity contribution is 5.68. The molecule has 20 heavy (non-hydrogen) atoms. The van der Waals surface area contributed by atoms with E-state index in [0.29, 0.717) is 11.6 Å². The van der Waals surface area contributed by atoms with Gasteiger partial charge in [-0.25, -0.2) is 9.97 Å². The fourth-order valence-electron chi connectivity index (χ4n) is 1.94. The van der Waals surface area contributed by atoms with Gasteiger partial charge in [-0.05, 0) is 12.1 Å². The normalized spacial score (nSPS) is 10.2. The van der Waals surface area contributed by atoms with Gasteiger partial charge in [-0.1, -0.05) is 36.4 Å². The van der Waals surface area contributed by atoms with Gasteiger partial charge in [0.15, 0.2) is 11.6 Å². The maximum atomic E-state index is 5.35. The zero-order valence-corrected chi connectivity index (χ0v) is 11.0. The molecule has 0 amide bonds. The van der Waals surface area contributed by atoms with Crippen LogP contribution in [0.1, 0.15) is 0 Å². The molecule has 0 aliphatic heterocycles. The van der Waals surface area contributed by atoms with Crippen molar-refractivity contribution in [1.29, 1.82) is 0 Å². The summed E-state index contributed by atoms with van der Waals surface area (Å²) in [7, 11) is 1.62. The Morgan fingerprint density at radius 1 is 0.900 bits per heavy atom. The molecule has 0 bridgehead atoms. The zero-order valence-electron chi connectivity index (χ0n) is 11.0. The SMILES string of the molecule is COc1cnc(-c2ccccn2)nc1-c1ccccc1. The van der Waals surface area contributed by atoms with E-state index in [1.807, 2.05) is 48.5 Å². The van der Waals surface area contributed by atoms with Crippen LogP contribution < -0.4 is 4.74 Å². The summed E-state index contributed by atoms with van der Waals surface area (Å²) in [6, 6.07) is 15.6. The van der Waals surface area contributed by atoms with E-state index in [1.165, 1.54) is 0 Å². The Morgan fingerprint density at radius 3 is 2.40 bits per heavy atom. The molecule has 4 nitrogen and oxygen atoms in total. The van der Waals surface area contributed by atoms with Crippen LogP contribution in [0.3, 0.4) is 0 Å². The second-order valence-electron chi connectivity index (χ2n) is 4.19. The first kappa shape index (κ1) is 12.3. The van der Waals surface area contributed by atoms with E-state index in [2.05, 4.69) is 15.0 Å². The first-order valence-electron chi connectivity index (χ1n) is 6.26. The Morgan fingerprint density at radius 2 is 1.70 bits per heavy atom. The van der Waals surface area contributed by atoms with Crippen LogP contribution in [0.2, 0.25) is 0 Å². The van der Waals surface area contributed by atoms with E-state index in [9.17, 15) is 0 Å². The number of pyridine rings is 1. The molecule has 2 aromatic heterocycles. The molecule has 0 radical (unpaired) electrons. The quantitative estimate of drug-likeness (QED) is 0.728. The summed E-state index contributed by atoms with van der Waals surface area (Å²) >= 11 is 0. The van der Waals surface area contributed by atoms with Gasteiger partial charge in [-0.15, -0.1) is 0 Å². The molecule has 0 aliphatic carbocycles. The number of ether oxygens (including phenoxy) is 1. The van der Waals surface area contributed by atoms with Gasteiger partial charge in [-0.2, -0.15) is 0 Å². The molecule has 1 aromatic carbocycles. The van der Waals surface area contributed by atoms with Crippen molar-refractivity contribution in [2.24, 2.45) is 0 Å². The summed E-state index contributed by atoms with van der Waals surface area (Å²) in [5, 5.41) is 0. The molecule has 0 atom stereocenters. The predicted molar refractivity (Wildman–Crippen MR) is 77.3 cm³/mol. The van der Waals surface area contributed by atoms with E-state index in [-0.39, 0.29) is 0 Å². The molecule has 0 N–H and O–H groups in total. The standard InChI is InChI=1S/C16H13N3O/c1-20-14-11-18-16(13-9-5-6-10-17-13)19-15(14)12-7-3-2-4-8-12/h2-11H,1H3. The Hall–Kier alpha value is -2.75. The third-order valence-electron chi connectivity index (χ3n) is 2.92. The summed E-state index contributed by atoms with van der Waals surface area (Å²) < 4.78 is 5.35. The number of rotatable bonds is 3. The number of hydrogen-bond donors (Lipinski definition) is 0. The van der Waals surface area contributed by atoms with E-state index in [1.54, 1.807) is 19.5 Å². The molecule has 0 saturated carbocycles. The van der Waals surface area contributed by atoms with E-state index >= 15 is 0 Å². The molecular weight excluding hydrogens is 250 g/mol. The fourth-order valence-corrected chi connectivity index (χ4v) is 1.94. The van der Waals surface area contributed by atoms with E-state index in [4.69, 9.17) is 4.74 Å². The third-order valence-corrected chi connectivity index (χ3v) is 2.92. The van der Waals surface area contributed by atoms with Gasteiger partial charge in [0, 0.05) is 11.8 Å². The number of aromatic nitrogens is 3. The smallest absolute Gasteiger partial charge is 0.178 e. The van der Waals surface area contributed by atoms with Crippen LogP contribution >= 0.6 is 0 Å². The Bertz CT molecular complexity index is 699. The van der Waals surface area contributed by atoms with Crippen molar-refractivity contribution in [2.45, 2.75) is 0 Å². The van der Waals surface area contributed by atoms with Crippen LogP contribution in [0.5, 0.6) is 5.75 Å². The average molecular weight is 263 g/mol. The summed E-state index contributed by atoms with van der Waals surface area (Å²) in [6.45, 7) is 0. The molecule has 0 spiro atoms. The van der Waals surface area contributed by atoms with Gasteiger partial charge in [0.2, 0.25) is 0 Å². The fraction of sp³-hybridized carbons (Fsp3) is 0.0625. The Balaban J connectivity index is 2.13. The third kappa shape index (κ3) is 2.36. The molecule has 0 unspecified atom stereocenters. The van der Waals surface area contributed by atoms with Gasteiger partial charge in [0.05, 0.1) is 13.3 Å². The second-order valence-corrected chi connectivity index (χ2v) is 4.19. The van der Waals surface area contributed by atoms with Crippen molar-refractivity contribution in [3.8, 4) is 28.5 Å². The summed E-state index contributed by atoms with van der Waals surface area (Å²) in [5.74, 6) is 1.24. The van der Waals surface area contributed by atoms with Crippen molar-refractivity contribution in [1.82, 2.24) is 15.0 Å². The summed E-state index contributed by atoms with van der Waals surface area (Å²) in [4.78, 5) is 13.2. The highest BCUT2D eigenvalue weighted by Gasteiger charge is 2.11. The maximum Gasteiger partial charge on any atom is 0.178 e. The molecule has 0 fully saturated rings. The van der Waals surface area contributed by atoms with Crippen LogP contribution in [0.25, 0.3) is 22.8 Å². The van der Waals surface area contributed by atoms with Crippen molar-refractivity contribution in [3.63, 3.8) is 0 Å². The van der Waals surface area contributed by atoms with Gasteiger partial charge in [-0.3, -0.25) is 4.98 Å². The first-order chi connectivity index (χ1) is 9.88. The van der Waals surface area contributed by atoms with E-state index in [0.717, 1.165) is 17.0 Å². The van der Waals surface area contributed by atoms with Gasteiger partial charge in [0.25, 0.3) is 0 Å². The maximum absolute atomic E-state index is 5.35. The molecule has 0 saturated heterocycles. The zero-order chi connectivity index (χ0) is 13.8. The number of methoxy groups -OCH3 is 1. The van der Waals surface area contributed by atoms with Crippen molar-refractivity contribution in [3.05, 3.63) is 60.9 Å². The highest BCUT2D eigenvalue weighted by Crippen LogP contribution is 2.28. The number of nitrogens with zero attached hydrogens (tertiary/aromatic N) is 3. The predicted octanol–water partition coefficient (Wildman–Crippen LogP) is 3.21. The molecular formula is C16H13N3O. The van der Waals surface area contributed by atoms with Crippen LogP contribution in [0.4, 0.5) is 0 Å². The Kier molecular flexibility index (Phi) is 3.37. The molecule has 98 valence electrons. The van der Waals surface area contributed by atoms with Crippen LogP contribution in [0.15, 0.2) is 60.9 Å². The minimum atomic E-state index is 0.588. The lowest BCUT2D eigenvalue weighted by Gasteiger charge is -2.08. The first-order valence-corrected chi connectivity index (χ1v) is 6.26. The number of benzene rings is 1. The van der Waals surface area contributed by atoms with Gasteiger partial charge < -0.3 is 4.74 Å². The number of hydrogen-bond acceptors (Lipinski definition) is 4. The minimum absolute atomic E-state index is 0.588. The van der Waals surface area contributed by atoms with Crippen molar-refractivity contribution < 1.29 is 4.74 Å². The van der Waals surface area contributed by atoms with E-state index < -0.39 is 0 Å².